The quantitative estimate of drug-likeness (QED) is 0.143. The Morgan fingerprint density at radius 2 is 1.35 bits per heavy atom. The van der Waals surface area contributed by atoms with Crippen LogP contribution in [0.4, 0.5) is 0 Å². The average molecular weight is 457 g/mol. The van der Waals surface area contributed by atoms with Gasteiger partial charge in [0.25, 0.3) is 0 Å². The number of methoxy groups -OCH3 is 1. The van der Waals surface area contributed by atoms with Crippen molar-refractivity contribution in [1.82, 2.24) is 5.32 Å². The molecule has 0 aliphatic heterocycles. The average Bonchev–Trinajstić information content (AvgIpc) is 2.69. The molecule has 0 saturated heterocycles. The van der Waals surface area contributed by atoms with Gasteiger partial charge < -0.3 is 27.4 Å². The number of unbranched alkanes of at least 4 members (excludes halogenated alkanes) is 8. The van der Waals surface area contributed by atoms with Crippen molar-refractivity contribution in [1.29, 1.82) is 0 Å². The van der Waals surface area contributed by atoms with E-state index in [0.29, 0.717) is 6.42 Å². The van der Waals surface area contributed by atoms with Crippen LogP contribution in [-0.2, 0) is 23.9 Å². The first-order valence-electron chi connectivity index (χ1n) is 10.7. The van der Waals surface area contributed by atoms with Crippen molar-refractivity contribution in [2.24, 2.45) is 5.73 Å². The first-order valence-corrected chi connectivity index (χ1v) is 10.7. The smallest absolute Gasteiger partial charge is 1.00 e. The molecule has 0 aromatic rings. The van der Waals surface area contributed by atoms with E-state index in [1.165, 1.54) is 52.6 Å². The van der Waals surface area contributed by atoms with Crippen LogP contribution in [-0.4, -0.2) is 53.2 Å². The number of ether oxygens (including phenoxy) is 1. The first kappa shape index (κ1) is 34.5. The Bertz CT molecular complexity index is 509. The number of nitrogens with two attached hydrogens (primary N) is 1. The van der Waals surface area contributed by atoms with E-state index in [9.17, 15) is 19.2 Å². The molecular weight excluding hydrogens is 415 g/mol. The fourth-order valence-electron chi connectivity index (χ4n) is 2.48. The van der Waals surface area contributed by atoms with Crippen LogP contribution in [0.3, 0.4) is 0 Å². The SMILES string of the molecule is CCCCCCCCCCCC(=O)N[C@@H](CCC(=O)OC)C(=O)O.C[C@H](N)C(=O)O.[H-].[Na+]. The van der Waals surface area contributed by atoms with Crippen molar-refractivity contribution in [3.63, 3.8) is 0 Å². The molecule has 0 unspecified atom stereocenters. The topological polar surface area (TPSA) is 156 Å². The van der Waals surface area contributed by atoms with E-state index >= 15 is 0 Å². The number of hydrogen-bond acceptors (Lipinski definition) is 6. The van der Waals surface area contributed by atoms with Crippen LogP contribution in [0.15, 0.2) is 0 Å². The van der Waals surface area contributed by atoms with Crippen LogP contribution in [0.5, 0.6) is 0 Å². The molecule has 5 N–H and O–H groups in total. The van der Waals surface area contributed by atoms with Gasteiger partial charge in [0.15, 0.2) is 0 Å². The number of rotatable bonds is 16. The Labute approximate surface area is 209 Å². The maximum Gasteiger partial charge on any atom is 1.00 e. The zero-order chi connectivity index (χ0) is 23.4. The van der Waals surface area contributed by atoms with Crippen LogP contribution in [0.25, 0.3) is 0 Å². The number of nitrogens with one attached hydrogen (secondary N) is 1. The molecule has 178 valence electrons. The molecule has 0 fully saturated rings. The summed E-state index contributed by atoms with van der Waals surface area (Å²) in [5.74, 6) is -2.83. The van der Waals surface area contributed by atoms with Crippen LogP contribution >= 0.6 is 0 Å². The molecule has 0 rings (SSSR count). The first-order chi connectivity index (χ1) is 14.1. The van der Waals surface area contributed by atoms with Gasteiger partial charge >= 0.3 is 47.5 Å². The van der Waals surface area contributed by atoms with Crippen molar-refractivity contribution in [2.45, 2.75) is 103 Å². The van der Waals surface area contributed by atoms with Crippen molar-refractivity contribution < 1.29 is 65.1 Å². The Hall–Kier alpha value is -1.16. The van der Waals surface area contributed by atoms with Crippen LogP contribution < -0.4 is 40.6 Å². The molecule has 0 heterocycles. The van der Waals surface area contributed by atoms with Gasteiger partial charge in [0, 0.05) is 12.8 Å². The van der Waals surface area contributed by atoms with E-state index in [2.05, 4.69) is 17.0 Å². The summed E-state index contributed by atoms with van der Waals surface area (Å²) in [7, 11) is 1.25. The van der Waals surface area contributed by atoms with E-state index in [1.807, 2.05) is 0 Å². The van der Waals surface area contributed by atoms with Gasteiger partial charge in [-0.25, -0.2) is 4.79 Å². The normalized spacial score (nSPS) is 11.7. The third-order valence-corrected chi connectivity index (χ3v) is 4.40. The second kappa shape index (κ2) is 23.5. The molecule has 9 nitrogen and oxygen atoms in total. The van der Waals surface area contributed by atoms with Crippen LogP contribution in [0, 0.1) is 0 Å². The predicted molar refractivity (Wildman–Crippen MR) is 115 cm³/mol. The van der Waals surface area contributed by atoms with Gasteiger partial charge in [0.2, 0.25) is 5.91 Å². The van der Waals surface area contributed by atoms with E-state index in [4.69, 9.17) is 15.9 Å². The van der Waals surface area contributed by atoms with Gasteiger partial charge in [-0.2, -0.15) is 0 Å². The minimum absolute atomic E-state index is 0. The summed E-state index contributed by atoms with van der Waals surface area (Å²) in [5, 5.41) is 19.4. The Balaban J connectivity index is -0.000000429. The molecule has 2 atom stereocenters. The van der Waals surface area contributed by atoms with Crippen molar-refractivity contribution >= 4 is 23.8 Å². The summed E-state index contributed by atoms with van der Waals surface area (Å²) in [6.07, 6.45) is 10.8. The number of carboxylic acid groups (broad SMARTS) is 2. The summed E-state index contributed by atoms with van der Waals surface area (Å²) in [5.41, 5.74) is 4.84. The number of carbonyl (C=O) groups is 4. The van der Waals surface area contributed by atoms with Crippen LogP contribution in [0.1, 0.15) is 92.3 Å². The maximum absolute atomic E-state index is 11.8. The molecule has 0 aromatic heterocycles. The zero-order valence-corrected chi connectivity index (χ0v) is 21.7. The molecule has 0 spiro atoms. The summed E-state index contributed by atoms with van der Waals surface area (Å²) >= 11 is 0. The molecule has 0 saturated carbocycles. The minimum atomic E-state index is -1.13. The molecule has 0 aliphatic rings. The van der Waals surface area contributed by atoms with E-state index in [1.54, 1.807) is 0 Å². The number of aliphatic carboxylic acids is 2. The summed E-state index contributed by atoms with van der Waals surface area (Å²) in [6.45, 7) is 3.62. The van der Waals surface area contributed by atoms with Gasteiger partial charge in [0.1, 0.15) is 12.1 Å². The second-order valence-electron chi connectivity index (χ2n) is 7.28. The Kier molecular flexibility index (Phi) is 26.1. The molecule has 10 heteroatoms. The third kappa shape index (κ3) is 25.0. The Morgan fingerprint density at radius 1 is 0.903 bits per heavy atom. The summed E-state index contributed by atoms with van der Waals surface area (Å²) in [4.78, 5) is 43.5. The standard InChI is InChI=1S/C18H33NO5.C3H7NO2.Na.H/c1-3-4-5-6-7-8-9-10-11-12-16(20)19-15(18(22)23)13-14-17(21)24-2;1-2(4)3(5)6;;/h15H,3-14H2,1-2H3,(H,19,20)(H,22,23);2H,4H2,1H3,(H,5,6);;/q;;+1;-1/t15-;2-;;/m00../s1. The monoisotopic (exact) mass is 456 g/mol. The minimum Gasteiger partial charge on any atom is -1.00 e. The number of carbonyl (C=O) groups excluding carboxylic acids is 2. The van der Waals surface area contributed by atoms with Gasteiger partial charge in [-0.1, -0.05) is 58.3 Å². The molecule has 0 bridgehead atoms. The molecular formula is C21H41N2NaO7. The fourth-order valence-corrected chi connectivity index (χ4v) is 2.48. The Morgan fingerprint density at radius 3 is 1.74 bits per heavy atom. The molecule has 0 radical (unpaired) electrons. The van der Waals surface area contributed by atoms with Crippen molar-refractivity contribution in [3.05, 3.63) is 0 Å². The van der Waals surface area contributed by atoms with Crippen molar-refractivity contribution in [3.8, 4) is 0 Å². The fraction of sp³-hybridized carbons (Fsp3) is 0.810. The van der Waals surface area contributed by atoms with E-state index in [-0.39, 0.29) is 49.7 Å². The maximum atomic E-state index is 11.8. The second-order valence-corrected chi connectivity index (χ2v) is 7.28. The number of amides is 1. The van der Waals surface area contributed by atoms with E-state index < -0.39 is 30.0 Å². The van der Waals surface area contributed by atoms with Gasteiger partial charge in [-0.3, -0.25) is 14.4 Å². The molecule has 0 aromatic carbocycles. The largest absolute Gasteiger partial charge is 1.00 e. The molecule has 0 aliphatic carbocycles. The molecule has 31 heavy (non-hydrogen) atoms. The summed E-state index contributed by atoms with van der Waals surface area (Å²) < 4.78 is 4.47. The van der Waals surface area contributed by atoms with Gasteiger partial charge in [-0.15, -0.1) is 0 Å². The number of esters is 1. The van der Waals surface area contributed by atoms with Gasteiger partial charge in [0.05, 0.1) is 7.11 Å². The number of hydrogen-bond donors (Lipinski definition) is 4. The predicted octanol–water partition coefficient (Wildman–Crippen LogP) is -0.0354. The third-order valence-electron chi connectivity index (χ3n) is 4.40. The van der Waals surface area contributed by atoms with Gasteiger partial charge in [-0.05, 0) is 19.8 Å². The van der Waals surface area contributed by atoms with Crippen LogP contribution in [0.2, 0.25) is 0 Å². The van der Waals surface area contributed by atoms with E-state index in [0.717, 1.165) is 19.3 Å². The summed E-state index contributed by atoms with van der Waals surface area (Å²) in [6, 6.07) is -1.76. The zero-order valence-electron chi connectivity index (χ0n) is 20.7. The number of carboxylic acids is 2. The molecule has 1 amide bonds. The van der Waals surface area contributed by atoms with Crippen molar-refractivity contribution in [2.75, 3.05) is 7.11 Å².